The lowest BCUT2D eigenvalue weighted by molar-refractivity contribution is 0.240. The Labute approximate surface area is 171 Å². The third kappa shape index (κ3) is 6.26. The minimum atomic E-state index is -3.12. The molecule has 1 aliphatic rings. The van der Waals surface area contributed by atoms with Crippen molar-refractivity contribution in [2.24, 2.45) is 5.92 Å². The number of rotatable bonds is 8. The Hall–Kier alpha value is -2.46. The van der Waals surface area contributed by atoms with Gasteiger partial charge in [-0.3, -0.25) is 15.0 Å². The number of amides is 2. The Morgan fingerprint density at radius 2 is 1.93 bits per heavy atom. The van der Waals surface area contributed by atoms with Crippen molar-refractivity contribution >= 4 is 21.9 Å². The smallest absolute Gasteiger partial charge is 0.320 e. The average molecular weight is 421 g/mol. The van der Waals surface area contributed by atoms with Crippen molar-refractivity contribution in [3.63, 3.8) is 0 Å². The van der Waals surface area contributed by atoms with Gasteiger partial charge in [0.05, 0.1) is 5.75 Å². The summed E-state index contributed by atoms with van der Waals surface area (Å²) in [6, 6.07) is 5.41. The van der Waals surface area contributed by atoms with E-state index in [4.69, 9.17) is 0 Å². The van der Waals surface area contributed by atoms with E-state index in [-0.39, 0.29) is 17.7 Å². The highest BCUT2D eigenvalue weighted by molar-refractivity contribution is 7.89. The number of urea groups is 1. The largest absolute Gasteiger partial charge is 0.338 e. The van der Waals surface area contributed by atoms with E-state index in [2.05, 4.69) is 20.7 Å². The number of piperidine rings is 1. The van der Waals surface area contributed by atoms with Crippen molar-refractivity contribution < 1.29 is 13.2 Å². The number of aromatic nitrogens is 3. The second kappa shape index (κ2) is 9.84. The zero-order valence-corrected chi connectivity index (χ0v) is 17.4. The number of nitrogens with one attached hydrogen (secondary N) is 2. The first-order valence-electron chi connectivity index (χ1n) is 9.91. The number of carbonyl (C=O) groups is 1. The number of pyridine rings is 1. The molecule has 2 aromatic heterocycles. The van der Waals surface area contributed by atoms with Gasteiger partial charge in [-0.15, -0.1) is 0 Å². The molecule has 158 valence electrons. The van der Waals surface area contributed by atoms with Crippen molar-refractivity contribution in [1.29, 1.82) is 0 Å². The Kier molecular flexibility index (Phi) is 7.21. The average Bonchev–Trinajstić information content (AvgIpc) is 3.19. The number of nitrogens with zero attached hydrogens (tertiary/aromatic N) is 4. The molecule has 1 fully saturated rings. The zero-order chi connectivity index (χ0) is 20.7. The summed E-state index contributed by atoms with van der Waals surface area (Å²) in [6.45, 7) is 3.94. The molecule has 29 heavy (non-hydrogen) atoms. The molecule has 0 spiro atoms. The summed E-state index contributed by atoms with van der Waals surface area (Å²) in [5.41, 5.74) is 1.18. The third-order valence-corrected chi connectivity index (χ3v) is 7.03. The van der Waals surface area contributed by atoms with Crippen LogP contribution in [0.3, 0.4) is 0 Å². The van der Waals surface area contributed by atoms with E-state index in [9.17, 15) is 13.2 Å². The molecule has 2 aromatic rings. The molecular weight excluding hydrogens is 392 g/mol. The van der Waals surface area contributed by atoms with Crippen LogP contribution in [0.1, 0.15) is 25.3 Å². The van der Waals surface area contributed by atoms with Gasteiger partial charge in [-0.05, 0) is 49.8 Å². The van der Waals surface area contributed by atoms with Crippen molar-refractivity contribution in [2.75, 3.05) is 30.7 Å². The fourth-order valence-corrected chi connectivity index (χ4v) is 4.45. The minimum absolute atomic E-state index is 0.132. The monoisotopic (exact) mass is 420 g/mol. The molecule has 0 aliphatic carbocycles. The summed E-state index contributed by atoms with van der Waals surface area (Å²) in [7, 11) is -3.12. The number of hydrogen-bond donors (Lipinski definition) is 2. The molecule has 0 radical (unpaired) electrons. The van der Waals surface area contributed by atoms with Crippen LogP contribution < -0.4 is 10.6 Å². The normalized spacial score (nSPS) is 15.9. The molecule has 2 amide bonds. The maximum Gasteiger partial charge on any atom is 0.320 e. The molecule has 0 unspecified atom stereocenters. The Morgan fingerprint density at radius 3 is 2.62 bits per heavy atom. The van der Waals surface area contributed by atoms with Gasteiger partial charge in [0, 0.05) is 50.8 Å². The van der Waals surface area contributed by atoms with Crippen LogP contribution in [0, 0.1) is 5.92 Å². The Morgan fingerprint density at radius 1 is 1.21 bits per heavy atom. The van der Waals surface area contributed by atoms with Crippen LogP contribution in [0.4, 0.5) is 10.6 Å². The van der Waals surface area contributed by atoms with Gasteiger partial charge in [0.1, 0.15) is 0 Å². The lowest BCUT2D eigenvalue weighted by Crippen LogP contribution is -2.42. The number of sulfonamides is 1. The summed E-state index contributed by atoms with van der Waals surface area (Å²) in [4.78, 5) is 16.1. The van der Waals surface area contributed by atoms with Crippen molar-refractivity contribution in [1.82, 2.24) is 24.4 Å². The second-order valence-electron chi connectivity index (χ2n) is 7.15. The van der Waals surface area contributed by atoms with Crippen molar-refractivity contribution in [2.45, 2.75) is 32.7 Å². The van der Waals surface area contributed by atoms with Crippen molar-refractivity contribution in [3.8, 4) is 0 Å². The maximum absolute atomic E-state index is 12.1. The van der Waals surface area contributed by atoms with E-state index >= 15 is 0 Å². The van der Waals surface area contributed by atoms with Gasteiger partial charge in [0.2, 0.25) is 10.0 Å². The van der Waals surface area contributed by atoms with Crippen LogP contribution in [0.5, 0.6) is 0 Å². The first-order valence-corrected chi connectivity index (χ1v) is 11.5. The molecule has 10 heteroatoms. The molecule has 0 saturated carbocycles. The second-order valence-corrected chi connectivity index (χ2v) is 9.41. The highest BCUT2D eigenvalue weighted by Gasteiger charge is 2.26. The highest BCUT2D eigenvalue weighted by Crippen LogP contribution is 2.19. The summed E-state index contributed by atoms with van der Waals surface area (Å²) in [6.07, 6.45) is 7.71. The fraction of sp³-hybridized carbons (Fsp3) is 0.526. The van der Waals surface area contributed by atoms with E-state index < -0.39 is 10.0 Å². The number of hydrogen-bond acceptors (Lipinski definition) is 5. The molecule has 2 N–H and O–H groups in total. The SMILES string of the molecule is CCS(=O)(=O)N1CCC(CNC(=O)Nc2ccn(CCc3ccncc3)n2)CC1. The van der Waals surface area contributed by atoms with Gasteiger partial charge in [0.25, 0.3) is 0 Å². The molecule has 0 aromatic carbocycles. The molecule has 0 bridgehead atoms. The summed E-state index contributed by atoms with van der Waals surface area (Å²) < 4.78 is 27.1. The van der Waals surface area contributed by atoms with Crippen LogP contribution in [-0.2, 0) is 23.0 Å². The van der Waals surface area contributed by atoms with Gasteiger partial charge in [-0.1, -0.05) is 0 Å². The molecular formula is C19H28N6O3S. The molecule has 1 saturated heterocycles. The molecule has 0 atom stereocenters. The van der Waals surface area contributed by atoms with Crippen molar-refractivity contribution in [3.05, 3.63) is 42.4 Å². The van der Waals surface area contributed by atoms with Crippen LogP contribution in [-0.4, -0.2) is 58.9 Å². The predicted octanol–water partition coefficient (Wildman–Crippen LogP) is 1.70. The van der Waals surface area contributed by atoms with E-state index in [0.717, 1.165) is 19.3 Å². The van der Waals surface area contributed by atoms with Crippen LogP contribution in [0.15, 0.2) is 36.8 Å². The van der Waals surface area contributed by atoms with Gasteiger partial charge >= 0.3 is 6.03 Å². The van der Waals surface area contributed by atoms with Crippen LogP contribution in [0.2, 0.25) is 0 Å². The van der Waals surface area contributed by atoms with Gasteiger partial charge in [-0.2, -0.15) is 5.10 Å². The Balaban J connectivity index is 1.37. The quantitative estimate of drug-likeness (QED) is 0.676. The molecule has 9 nitrogen and oxygen atoms in total. The highest BCUT2D eigenvalue weighted by atomic mass is 32.2. The summed E-state index contributed by atoms with van der Waals surface area (Å²) in [5, 5.41) is 9.97. The molecule has 3 rings (SSSR count). The van der Waals surface area contributed by atoms with Gasteiger partial charge < -0.3 is 5.32 Å². The first kappa shape index (κ1) is 21.3. The van der Waals surface area contributed by atoms with E-state index in [1.54, 1.807) is 34.4 Å². The third-order valence-electron chi connectivity index (χ3n) is 5.14. The minimum Gasteiger partial charge on any atom is -0.338 e. The topological polar surface area (TPSA) is 109 Å². The number of anilines is 1. The molecule has 1 aliphatic heterocycles. The Bertz CT molecular complexity index is 892. The predicted molar refractivity (Wildman–Crippen MR) is 111 cm³/mol. The number of aryl methyl sites for hydroxylation is 2. The summed E-state index contributed by atoms with van der Waals surface area (Å²) >= 11 is 0. The standard InChI is InChI=1S/C19H28N6O3S/c1-2-29(27,28)25-13-6-17(7-14-25)15-21-19(26)22-18-8-12-24(23-18)11-5-16-3-9-20-10-4-16/h3-4,8-10,12,17H,2,5-7,11,13-15H2,1H3,(H2,21,22,23,26). The first-order chi connectivity index (χ1) is 14.0. The maximum atomic E-state index is 12.1. The fourth-order valence-electron chi connectivity index (χ4n) is 3.32. The van der Waals surface area contributed by atoms with Crippen LogP contribution in [0.25, 0.3) is 0 Å². The van der Waals surface area contributed by atoms with E-state index in [1.165, 1.54) is 5.56 Å². The van der Waals surface area contributed by atoms with Crippen LogP contribution >= 0.6 is 0 Å². The van der Waals surface area contributed by atoms with E-state index in [1.807, 2.05) is 18.3 Å². The number of carbonyl (C=O) groups excluding carboxylic acids is 1. The van der Waals surface area contributed by atoms with E-state index in [0.29, 0.717) is 32.0 Å². The lowest BCUT2D eigenvalue weighted by atomic mass is 9.98. The van der Waals surface area contributed by atoms with Gasteiger partial charge in [-0.25, -0.2) is 17.5 Å². The van der Waals surface area contributed by atoms with Gasteiger partial charge in [0.15, 0.2) is 5.82 Å². The zero-order valence-electron chi connectivity index (χ0n) is 16.6. The summed E-state index contributed by atoms with van der Waals surface area (Å²) in [5.74, 6) is 0.913. The molecule has 3 heterocycles. The lowest BCUT2D eigenvalue weighted by Gasteiger charge is -2.30.